The highest BCUT2D eigenvalue weighted by Gasteiger charge is 2.17. The molecule has 0 aliphatic carbocycles. The number of ether oxygens (including phenoxy) is 3. The first-order chi connectivity index (χ1) is 22.7. The van der Waals surface area contributed by atoms with Crippen molar-refractivity contribution >= 4 is 30.4 Å². The van der Waals surface area contributed by atoms with Gasteiger partial charge in [-0.2, -0.15) is 25.3 Å². The van der Waals surface area contributed by atoms with E-state index in [1.807, 2.05) is 20.8 Å². The van der Waals surface area contributed by atoms with Crippen LogP contribution in [0.4, 0.5) is 0 Å². The fourth-order valence-corrected chi connectivity index (χ4v) is 6.70. The van der Waals surface area contributed by atoms with E-state index in [0.717, 1.165) is 16.7 Å². The zero-order chi connectivity index (χ0) is 34.8. The van der Waals surface area contributed by atoms with Crippen LogP contribution in [0.2, 0.25) is 0 Å². The standard InChI is InChI=1S/C33H36O12S3/c1-25-4-10-31(11-5-25)46(34,35)43-19-16-40-28-22-29(41-17-20-44-47(36,37)32-12-6-26(2)7-13-32)24-30(23-28)42-18-21-45-48(38,39)33-14-8-27(3)9-15-33/h4-15,22-24H,16-21H2,1-3H3. The van der Waals surface area contributed by atoms with Crippen molar-refractivity contribution in [2.24, 2.45) is 0 Å². The van der Waals surface area contributed by atoms with Crippen LogP contribution in [0.3, 0.4) is 0 Å². The average molecular weight is 721 g/mol. The Morgan fingerprint density at radius 3 is 0.833 bits per heavy atom. The van der Waals surface area contributed by atoms with Gasteiger partial charge >= 0.3 is 0 Å². The van der Waals surface area contributed by atoms with E-state index < -0.39 is 30.4 Å². The summed E-state index contributed by atoms with van der Waals surface area (Å²) in [5.41, 5.74) is 2.70. The first-order valence-electron chi connectivity index (χ1n) is 14.7. The molecule has 0 N–H and O–H groups in total. The highest BCUT2D eigenvalue weighted by molar-refractivity contribution is 7.87. The predicted octanol–water partition coefficient (Wildman–Crippen LogP) is 4.96. The van der Waals surface area contributed by atoms with Crippen LogP contribution in [-0.2, 0) is 42.9 Å². The fraction of sp³-hybridized carbons (Fsp3) is 0.273. The fourth-order valence-electron chi connectivity index (χ4n) is 4.02. The van der Waals surface area contributed by atoms with Gasteiger partial charge in [0, 0.05) is 18.2 Å². The summed E-state index contributed by atoms with van der Waals surface area (Å²) in [5.74, 6) is 0.626. The van der Waals surface area contributed by atoms with Gasteiger partial charge in [0.15, 0.2) is 0 Å². The molecule has 0 amide bonds. The molecule has 258 valence electrons. The Balaban J connectivity index is 1.36. The first-order valence-corrected chi connectivity index (χ1v) is 18.9. The summed E-state index contributed by atoms with van der Waals surface area (Å²) in [5, 5.41) is 0. The molecule has 0 aliphatic rings. The first kappa shape index (κ1) is 36.8. The largest absolute Gasteiger partial charge is 0.491 e. The van der Waals surface area contributed by atoms with Gasteiger partial charge in [-0.05, 0) is 57.2 Å². The zero-order valence-corrected chi connectivity index (χ0v) is 29.0. The third-order valence-electron chi connectivity index (χ3n) is 6.55. The van der Waals surface area contributed by atoms with Gasteiger partial charge in [-0.15, -0.1) is 0 Å². The minimum atomic E-state index is -4.00. The van der Waals surface area contributed by atoms with E-state index in [-0.39, 0.29) is 71.6 Å². The molecule has 0 atom stereocenters. The lowest BCUT2D eigenvalue weighted by atomic mass is 10.2. The maximum Gasteiger partial charge on any atom is 0.297 e. The number of rotatable bonds is 18. The van der Waals surface area contributed by atoms with Crippen LogP contribution in [0, 0.1) is 20.8 Å². The molecule has 48 heavy (non-hydrogen) atoms. The lowest BCUT2D eigenvalue weighted by Gasteiger charge is -2.14. The third-order valence-corrected chi connectivity index (χ3v) is 10.5. The molecular weight excluding hydrogens is 685 g/mol. The van der Waals surface area contributed by atoms with Crippen LogP contribution in [0.25, 0.3) is 0 Å². The van der Waals surface area contributed by atoms with Gasteiger partial charge in [0.2, 0.25) is 0 Å². The number of aryl methyl sites for hydroxylation is 3. The summed E-state index contributed by atoms with van der Waals surface area (Å²) in [6, 6.07) is 23.1. The van der Waals surface area contributed by atoms with Crippen molar-refractivity contribution in [2.75, 3.05) is 39.6 Å². The van der Waals surface area contributed by atoms with E-state index >= 15 is 0 Å². The molecule has 0 bridgehead atoms. The van der Waals surface area contributed by atoms with Gasteiger partial charge in [0.1, 0.15) is 56.9 Å². The van der Waals surface area contributed by atoms with E-state index in [0.29, 0.717) is 0 Å². The average Bonchev–Trinajstić information content (AvgIpc) is 3.04. The van der Waals surface area contributed by atoms with Crippen LogP contribution in [0.15, 0.2) is 106 Å². The Bertz CT molecular complexity index is 1730. The Morgan fingerprint density at radius 2 is 0.604 bits per heavy atom. The van der Waals surface area contributed by atoms with Crippen LogP contribution < -0.4 is 14.2 Å². The van der Waals surface area contributed by atoms with E-state index in [9.17, 15) is 25.3 Å². The second-order valence-corrected chi connectivity index (χ2v) is 15.3. The lowest BCUT2D eigenvalue weighted by molar-refractivity contribution is 0.206. The van der Waals surface area contributed by atoms with Crippen molar-refractivity contribution in [3.8, 4) is 17.2 Å². The number of hydrogen-bond acceptors (Lipinski definition) is 12. The SMILES string of the molecule is Cc1ccc(S(=O)(=O)OCCOc2cc(OCCOS(=O)(=O)c3ccc(C)cc3)cc(OCCOS(=O)(=O)c3ccc(C)cc3)c2)cc1. The van der Waals surface area contributed by atoms with Crippen molar-refractivity contribution in [3.63, 3.8) is 0 Å². The second kappa shape index (κ2) is 16.4. The van der Waals surface area contributed by atoms with Crippen molar-refractivity contribution in [1.82, 2.24) is 0 Å². The molecule has 0 aromatic heterocycles. The van der Waals surface area contributed by atoms with Gasteiger partial charge in [-0.3, -0.25) is 12.5 Å². The summed E-state index contributed by atoms with van der Waals surface area (Å²) in [7, 11) is -12.0. The molecule has 0 aliphatic heterocycles. The molecule has 4 rings (SSSR count). The van der Waals surface area contributed by atoms with Gasteiger partial charge in [0.05, 0.1) is 14.7 Å². The maximum absolute atomic E-state index is 12.5. The van der Waals surface area contributed by atoms with Crippen LogP contribution in [-0.4, -0.2) is 64.9 Å². The predicted molar refractivity (Wildman–Crippen MR) is 176 cm³/mol. The molecule has 12 nitrogen and oxygen atoms in total. The van der Waals surface area contributed by atoms with Crippen LogP contribution in [0.5, 0.6) is 17.2 Å². The molecule has 0 spiro atoms. The highest BCUT2D eigenvalue weighted by atomic mass is 32.2. The Kier molecular flexibility index (Phi) is 12.6. The summed E-state index contributed by atoms with van der Waals surface area (Å²) in [6.07, 6.45) is 0. The molecule has 4 aromatic rings. The summed E-state index contributed by atoms with van der Waals surface area (Å²) in [6.45, 7) is 4.12. The molecule has 0 saturated heterocycles. The molecule has 0 fully saturated rings. The molecule has 0 saturated carbocycles. The van der Waals surface area contributed by atoms with Crippen molar-refractivity contribution in [1.29, 1.82) is 0 Å². The topological polar surface area (TPSA) is 158 Å². The Labute approximate surface area is 281 Å². The minimum Gasteiger partial charge on any atom is -0.491 e. The zero-order valence-electron chi connectivity index (χ0n) is 26.5. The summed E-state index contributed by atoms with van der Waals surface area (Å²) in [4.78, 5) is 0.0345. The van der Waals surface area contributed by atoms with Crippen molar-refractivity contribution in [2.45, 2.75) is 35.5 Å². The number of hydrogen-bond donors (Lipinski definition) is 0. The third kappa shape index (κ3) is 11.0. The lowest BCUT2D eigenvalue weighted by Crippen LogP contribution is -2.14. The molecule has 0 unspecified atom stereocenters. The normalized spacial score (nSPS) is 12.1. The van der Waals surface area contributed by atoms with Crippen LogP contribution in [0.1, 0.15) is 16.7 Å². The maximum atomic E-state index is 12.5. The molecular formula is C33H36O12S3. The van der Waals surface area contributed by atoms with E-state index in [4.69, 9.17) is 26.8 Å². The van der Waals surface area contributed by atoms with Gasteiger partial charge in [0.25, 0.3) is 30.4 Å². The van der Waals surface area contributed by atoms with E-state index in [1.54, 1.807) is 36.4 Å². The Hall–Kier alpha value is -3.99. The summed E-state index contributed by atoms with van der Waals surface area (Å²) < 4.78 is 107. The highest BCUT2D eigenvalue weighted by Crippen LogP contribution is 2.28. The monoisotopic (exact) mass is 720 g/mol. The molecule has 4 aromatic carbocycles. The van der Waals surface area contributed by atoms with Gasteiger partial charge < -0.3 is 14.2 Å². The van der Waals surface area contributed by atoms with Gasteiger partial charge in [-0.1, -0.05) is 53.1 Å². The van der Waals surface area contributed by atoms with E-state index in [1.165, 1.54) is 54.6 Å². The van der Waals surface area contributed by atoms with Gasteiger partial charge in [-0.25, -0.2) is 0 Å². The molecule has 15 heteroatoms. The molecule has 0 heterocycles. The number of benzene rings is 4. The quantitative estimate of drug-likeness (QED) is 0.101. The summed E-state index contributed by atoms with van der Waals surface area (Å²) >= 11 is 0. The Morgan fingerprint density at radius 1 is 0.375 bits per heavy atom. The minimum absolute atomic E-state index is 0.0115. The smallest absolute Gasteiger partial charge is 0.297 e. The van der Waals surface area contributed by atoms with Crippen molar-refractivity contribution in [3.05, 3.63) is 108 Å². The second-order valence-electron chi connectivity index (χ2n) is 10.5. The van der Waals surface area contributed by atoms with Crippen LogP contribution >= 0.6 is 0 Å². The van der Waals surface area contributed by atoms with Crippen molar-refractivity contribution < 1.29 is 52.0 Å². The molecule has 0 radical (unpaired) electrons. The van der Waals surface area contributed by atoms with E-state index in [2.05, 4.69) is 0 Å².